The Morgan fingerprint density at radius 2 is 2.05 bits per heavy atom. The molecule has 0 aliphatic rings. The second-order valence-corrected chi connectivity index (χ2v) is 6.08. The highest BCUT2D eigenvalue weighted by Gasteiger charge is 2.25. The number of pyridine rings is 1. The van der Waals surface area contributed by atoms with Crippen molar-refractivity contribution in [1.29, 1.82) is 0 Å². The predicted molar refractivity (Wildman–Crippen MR) is 85.9 cm³/mol. The predicted octanol–water partition coefficient (Wildman–Crippen LogP) is 2.33. The van der Waals surface area contributed by atoms with Crippen molar-refractivity contribution in [2.75, 3.05) is 18.2 Å². The van der Waals surface area contributed by atoms with Crippen LogP contribution in [0.1, 0.15) is 42.7 Å². The molecule has 4 N–H and O–H groups in total. The van der Waals surface area contributed by atoms with E-state index in [9.17, 15) is 4.79 Å². The second kappa shape index (κ2) is 7.50. The fraction of sp³-hybridized carbons (Fsp3) is 0.571. The fourth-order valence-electron chi connectivity index (χ4n) is 2.08. The molecule has 0 radical (unpaired) electrons. The summed E-state index contributed by atoms with van der Waals surface area (Å²) in [5, 5.41) is 3.02. The number of aromatic nitrogens is 1. The number of thioether (sulfide) groups is 1. The number of rotatable bonds is 7. The van der Waals surface area contributed by atoms with Crippen molar-refractivity contribution in [3.8, 4) is 0 Å². The van der Waals surface area contributed by atoms with Crippen LogP contribution >= 0.6 is 11.8 Å². The number of hydrogen-bond donors (Lipinski definition) is 3. The molecule has 1 heterocycles. The van der Waals surface area contributed by atoms with Gasteiger partial charge in [0.1, 0.15) is 5.82 Å². The summed E-state index contributed by atoms with van der Waals surface area (Å²) < 4.78 is 0.104. The highest BCUT2D eigenvalue weighted by Crippen LogP contribution is 2.29. The van der Waals surface area contributed by atoms with E-state index in [4.69, 9.17) is 5.84 Å². The highest BCUT2D eigenvalue weighted by atomic mass is 32.2. The van der Waals surface area contributed by atoms with Crippen molar-refractivity contribution < 1.29 is 4.79 Å². The number of hydrazine groups is 1. The molecule has 0 spiro atoms. The summed E-state index contributed by atoms with van der Waals surface area (Å²) >= 11 is 1.81. The number of nitrogen functional groups attached to an aromatic ring is 1. The molecule has 1 rings (SSSR count). The van der Waals surface area contributed by atoms with E-state index in [1.165, 1.54) is 0 Å². The lowest BCUT2D eigenvalue weighted by atomic mass is 10.0. The number of amides is 1. The maximum atomic E-state index is 12.2. The van der Waals surface area contributed by atoms with Crippen LogP contribution in [-0.2, 0) is 0 Å². The third-order valence-corrected chi connectivity index (χ3v) is 5.24. The van der Waals surface area contributed by atoms with Gasteiger partial charge in [-0.1, -0.05) is 13.8 Å². The average Bonchev–Trinajstić information content (AvgIpc) is 2.48. The zero-order valence-corrected chi connectivity index (χ0v) is 13.4. The van der Waals surface area contributed by atoms with E-state index in [0.717, 1.165) is 18.5 Å². The molecule has 5 nitrogen and oxygen atoms in total. The van der Waals surface area contributed by atoms with E-state index in [-0.39, 0.29) is 10.7 Å². The first-order chi connectivity index (χ1) is 9.50. The highest BCUT2D eigenvalue weighted by molar-refractivity contribution is 8.00. The molecular formula is C14H24N4OS. The van der Waals surface area contributed by atoms with Crippen molar-refractivity contribution in [3.63, 3.8) is 0 Å². The maximum absolute atomic E-state index is 12.2. The SMILES string of the molecule is CCC(CC)(CNC(=O)c1cc(C)nc(NN)c1)SC. The Kier molecular flexibility index (Phi) is 6.29. The Morgan fingerprint density at radius 3 is 2.55 bits per heavy atom. The van der Waals surface area contributed by atoms with Crippen LogP contribution in [0.15, 0.2) is 12.1 Å². The summed E-state index contributed by atoms with van der Waals surface area (Å²) in [6.07, 6.45) is 4.14. The molecular weight excluding hydrogens is 272 g/mol. The third-order valence-electron chi connectivity index (χ3n) is 3.66. The lowest BCUT2D eigenvalue weighted by Gasteiger charge is -2.29. The normalized spacial score (nSPS) is 11.2. The molecule has 112 valence electrons. The molecule has 0 bridgehead atoms. The quantitative estimate of drug-likeness (QED) is 0.531. The molecule has 6 heteroatoms. The first kappa shape index (κ1) is 16.8. The monoisotopic (exact) mass is 296 g/mol. The minimum absolute atomic E-state index is 0.0904. The summed E-state index contributed by atoms with van der Waals surface area (Å²) in [5.74, 6) is 5.76. The fourth-order valence-corrected chi connectivity index (χ4v) is 2.87. The van der Waals surface area contributed by atoms with E-state index in [1.807, 2.05) is 6.92 Å². The molecule has 1 aromatic heterocycles. The van der Waals surface area contributed by atoms with Crippen LogP contribution in [0.25, 0.3) is 0 Å². The number of aryl methyl sites for hydroxylation is 1. The van der Waals surface area contributed by atoms with Gasteiger partial charge in [-0.05, 0) is 38.2 Å². The molecule has 0 aliphatic carbocycles. The summed E-state index contributed by atoms with van der Waals surface area (Å²) in [4.78, 5) is 16.4. The van der Waals surface area contributed by atoms with Gasteiger partial charge in [-0.3, -0.25) is 4.79 Å². The van der Waals surface area contributed by atoms with Crippen molar-refractivity contribution in [2.24, 2.45) is 5.84 Å². The van der Waals surface area contributed by atoms with Crippen LogP contribution in [-0.4, -0.2) is 28.4 Å². The number of nitrogens with two attached hydrogens (primary N) is 1. The number of hydrogen-bond acceptors (Lipinski definition) is 5. The van der Waals surface area contributed by atoms with Gasteiger partial charge in [0, 0.05) is 22.5 Å². The van der Waals surface area contributed by atoms with E-state index < -0.39 is 0 Å². The van der Waals surface area contributed by atoms with Crippen LogP contribution in [0.4, 0.5) is 5.82 Å². The summed E-state index contributed by atoms with van der Waals surface area (Å²) in [6, 6.07) is 3.41. The summed E-state index contributed by atoms with van der Waals surface area (Å²) in [5.41, 5.74) is 3.81. The first-order valence-corrected chi connectivity index (χ1v) is 8.01. The molecule has 0 atom stereocenters. The number of carbonyl (C=O) groups is 1. The molecule has 0 unspecified atom stereocenters. The molecule has 0 saturated heterocycles. The topological polar surface area (TPSA) is 80.0 Å². The smallest absolute Gasteiger partial charge is 0.251 e. The minimum Gasteiger partial charge on any atom is -0.351 e. The molecule has 0 fully saturated rings. The van der Waals surface area contributed by atoms with Gasteiger partial charge >= 0.3 is 0 Å². The summed E-state index contributed by atoms with van der Waals surface area (Å²) in [7, 11) is 0. The van der Waals surface area contributed by atoms with Crippen molar-refractivity contribution in [2.45, 2.75) is 38.4 Å². The zero-order valence-electron chi connectivity index (χ0n) is 12.6. The molecule has 20 heavy (non-hydrogen) atoms. The average molecular weight is 296 g/mol. The van der Waals surface area contributed by atoms with Gasteiger partial charge < -0.3 is 10.7 Å². The van der Waals surface area contributed by atoms with Gasteiger partial charge in [0.25, 0.3) is 5.91 Å². The molecule has 0 saturated carbocycles. The Morgan fingerprint density at radius 1 is 1.40 bits per heavy atom. The minimum atomic E-state index is -0.0904. The van der Waals surface area contributed by atoms with E-state index in [0.29, 0.717) is 17.9 Å². The lowest BCUT2D eigenvalue weighted by molar-refractivity contribution is 0.0948. The molecule has 1 aromatic rings. The van der Waals surface area contributed by atoms with Gasteiger partial charge in [-0.25, -0.2) is 10.8 Å². The lowest BCUT2D eigenvalue weighted by Crippen LogP contribution is -2.39. The van der Waals surface area contributed by atoms with Crippen LogP contribution in [0.5, 0.6) is 0 Å². The van der Waals surface area contributed by atoms with Crippen molar-refractivity contribution >= 4 is 23.5 Å². The largest absolute Gasteiger partial charge is 0.351 e. The van der Waals surface area contributed by atoms with Gasteiger partial charge in [0.2, 0.25) is 0 Å². The first-order valence-electron chi connectivity index (χ1n) is 6.79. The Bertz CT molecular complexity index is 452. The van der Waals surface area contributed by atoms with Crippen LogP contribution in [0, 0.1) is 6.92 Å². The zero-order chi connectivity index (χ0) is 15.2. The third kappa shape index (κ3) is 4.11. The Hall–Kier alpha value is -1.27. The molecule has 0 aliphatic heterocycles. The molecule has 1 amide bonds. The van der Waals surface area contributed by atoms with Gasteiger partial charge in [-0.15, -0.1) is 0 Å². The van der Waals surface area contributed by atoms with Crippen LogP contribution < -0.4 is 16.6 Å². The second-order valence-electron chi connectivity index (χ2n) is 4.80. The van der Waals surface area contributed by atoms with Crippen molar-refractivity contribution in [1.82, 2.24) is 10.3 Å². The number of nitrogens with zero attached hydrogens (tertiary/aromatic N) is 1. The summed E-state index contributed by atoms with van der Waals surface area (Å²) in [6.45, 7) is 6.80. The Balaban J connectivity index is 2.79. The van der Waals surface area contributed by atoms with Gasteiger partial charge in [0.15, 0.2) is 0 Å². The van der Waals surface area contributed by atoms with Crippen molar-refractivity contribution in [3.05, 3.63) is 23.4 Å². The number of carbonyl (C=O) groups excluding carboxylic acids is 1. The molecule has 0 aromatic carbocycles. The van der Waals surface area contributed by atoms with Gasteiger partial charge in [0.05, 0.1) is 0 Å². The maximum Gasteiger partial charge on any atom is 0.251 e. The van der Waals surface area contributed by atoms with Gasteiger partial charge in [-0.2, -0.15) is 11.8 Å². The van der Waals surface area contributed by atoms with E-state index >= 15 is 0 Å². The van der Waals surface area contributed by atoms with Crippen LogP contribution in [0.3, 0.4) is 0 Å². The van der Waals surface area contributed by atoms with E-state index in [1.54, 1.807) is 23.9 Å². The van der Waals surface area contributed by atoms with Crippen LogP contribution in [0.2, 0.25) is 0 Å². The Labute approximate surface area is 125 Å². The number of nitrogens with one attached hydrogen (secondary N) is 2. The number of anilines is 1. The van der Waals surface area contributed by atoms with E-state index in [2.05, 4.69) is 35.8 Å². The standard InChI is InChI=1S/C14H24N4OS/c1-5-14(6-2,20-4)9-16-13(19)11-7-10(3)17-12(8-11)18-15/h7-8H,5-6,9,15H2,1-4H3,(H,16,19)(H,17,18).